The van der Waals surface area contributed by atoms with Crippen molar-refractivity contribution in [2.24, 2.45) is 0 Å². The molecule has 1 N–H and O–H groups in total. The van der Waals surface area contributed by atoms with Crippen LogP contribution in [0.5, 0.6) is 5.75 Å². The number of aliphatic hydroxyl groups is 1. The second-order valence-corrected chi connectivity index (χ2v) is 5.91. The van der Waals surface area contributed by atoms with Crippen LogP contribution in [0.2, 0.25) is 5.02 Å². The van der Waals surface area contributed by atoms with Gasteiger partial charge in [-0.2, -0.15) is 0 Å². The lowest BCUT2D eigenvalue weighted by Crippen LogP contribution is -2.52. The first-order valence-electron chi connectivity index (χ1n) is 7.34. The average Bonchev–Trinajstić information content (AvgIpc) is 2.96. The summed E-state index contributed by atoms with van der Waals surface area (Å²) in [6, 6.07) is 8.78. The van der Waals surface area contributed by atoms with Crippen LogP contribution in [0, 0.1) is 0 Å². The topological polar surface area (TPSA) is 75.8 Å². The second kappa shape index (κ2) is 6.60. The molecule has 1 unspecified atom stereocenters. The van der Waals surface area contributed by atoms with E-state index in [1.807, 2.05) is 0 Å². The Hall–Kier alpha value is -2.05. The van der Waals surface area contributed by atoms with Gasteiger partial charge in [0.1, 0.15) is 12.4 Å². The molecule has 1 fully saturated rings. The highest BCUT2D eigenvalue weighted by molar-refractivity contribution is 6.32. The largest absolute Gasteiger partial charge is 0.479 e. The number of aliphatic hydroxyl groups excluding tert-OH is 1. The third-order valence-electron chi connectivity index (χ3n) is 3.83. The maximum absolute atomic E-state index is 12.4. The molecule has 23 heavy (non-hydrogen) atoms. The van der Waals surface area contributed by atoms with Crippen LogP contribution >= 0.6 is 11.6 Å². The summed E-state index contributed by atoms with van der Waals surface area (Å²) < 4.78 is 10.6. The van der Waals surface area contributed by atoms with Gasteiger partial charge in [0.15, 0.2) is 11.9 Å². The molecule has 1 aliphatic rings. The predicted molar refractivity (Wildman–Crippen MR) is 83.3 cm³/mol. The molecular formula is C16H17ClN2O4. The molecule has 2 heterocycles. The molecule has 1 aromatic carbocycles. The lowest BCUT2D eigenvalue weighted by atomic mass is 9.95. The predicted octanol–water partition coefficient (Wildman–Crippen LogP) is 2.21. The monoisotopic (exact) mass is 336 g/mol. The van der Waals surface area contributed by atoms with Crippen molar-refractivity contribution in [3.63, 3.8) is 0 Å². The van der Waals surface area contributed by atoms with E-state index in [1.165, 1.54) is 0 Å². The maximum Gasteiger partial charge on any atom is 0.263 e. The Kier molecular flexibility index (Phi) is 4.54. The Balaban J connectivity index is 1.54. The Morgan fingerprint density at radius 1 is 1.52 bits per heavy atom. The highest BCUT2D eigenvalue weighted by Gasteiger charge is 2.36. The van der Waals surface area contributed by atoms with Gasteiger partial charge >= 0.3 is 0 Å². The van der Waals surface area contributed by atoms with Crippen molar-refractivity contribution in [1.82, 2.24) is 10.1 Å². The minimum Gasteiger partial charge on any atom is -0.479 e. The molecule has 1 aromatic heterocycles. The molecule has 1 saturated heterocycles. The van der Waals surface area contributed by atoms with Gasteiger partial charge in [0, 0.05) is 25.1 Å². The Morgan fingerprint density at radius 2 is 2.26 bits per heavy atom. The van der Waals surface area contributed by atoms with Crippen molar-refractivity contribution in [1.29, 1.82) is 0 Å². The van der Waals surface area contributed by atoms with E-state index in [4.69, 9.17) is 26.0 Å². The van der Waals surface area contributed by atoms with E-state index >= 15 is 0 Å². The normalized spacial score (nSPS) is 16.0. The number of amides is 1. The number of hydrogen-bond donors (Lipinski definition) is 1. The number of nitrogens with zero attached hydrogens (tertiary/aromatic N) is 2. The van der Waals surface area contributed by atoms with Crippen LogP contribution in [0.25, 0.3) is 0 Å². The van der Waals surface area contributed by atoms with Gasteiger partial charge in [-0.25, -0.2) is 0 Å². The minimum atomic E-state index is -0.610. The molecule has 0 spiro atoms. The minimum absolute atomic E-state index is 0.0907. The van der Waals surface area contributed by atoms with E-state index in [2.05, 4.69) is 5.16 Å². The summed E-state index contributed by atoms with van der Waals surface area (Å²) in [6.07, 6.45) is -0.610. The third-order valence-corrected chi connectivity index (χ3v) is 4.14. The summed E-state index contributed by atoms with van der Waals surface area (Å²) in [5, 5.41) is 13.4. The van der Waals surface area contributed by atoms with Gasteiger partial charge in [-0.3, -0.25) is 4.79 Å². The van der Waals surface area contributed by atoms with Crippen LogP contribution < -0.4 is 4.74 Å². The van der Waals surface area contributed by atoms with E-state index in [9.17, 15) is 4.79 Å². The number of benzene rings is 1. The Bertz CT molecular complexity index is 697. The van der Waals surface area contributed by atoms with Crippen molar-refractivity contribution >= 4 is 17.5 Å². The zero-order valence-electron chi connectivity index (χ0n) is 12.6. The van der Waals surface area contributed by atoms with Crippen molar-refractivity contribution in [2.45, 2.75) is 25.6 Å². The summed E-state index contributed by atoms with van der Waals surface area (Å²) in [4.78, 5) is 14.1. The van der Waals surface area contributed by atoms with Gasteiger partial charge in [0.05, 0.1) is 10.7 Å². The molecule has 1 aliphatic heterocycles. The van der Waals surface area contributed by atoms with E-state index < -0.39 is 6.10 Å². The quantitative estimate of drug-likeness (QED) is 0.906. The van der Waals surface area contributed by atoms with Crippen LogP contribution in [-0.2, 0) is 11.4 Å². The second-order valence-electron chi connectivity index (χ2n) is 5.51. The van der Waals surface area contributed by atoms with Crippen molar-refractivity contribution in [3.05, 3.63) is 46.8 Å². The lowest BCUT2D eigenvalue weighted by molar-refractivity contribution is -0.142. The van der Waals surface area contributed by atoms with Crippen molar-refractivity contribution < 1.29 is 19.2 Å². The SMILES string of the molecule is CC(Oc1ccccc1Cl)C(=O)N1CC(c2cc(CO)on2)C1. The van der Waals surface area contributed by atoms with Gasteiger partial charge in [0.2, 0.25) is 0 Å². The number of ether oxygens (including phenoxy) is 1. The number of para-hydroxylation sites is 1. The van der Waals surface area contributed by atoms with E-state index in [1.54, 1.807) is 42.2 Å². The zero-order valence-corrected chi connectivity index (χ0v) is 13.4. The zero-order chi connectivity index (χ0) is 16.4. The number of likely N-dealkylation sites (tertiary alicyclic amines) is 1. The molecule has 2 aromatic rings. The molecule has 122 valence electrons. The van der Waals surface area contributed by atoms with Crippen LogP contribution in [0.15, 0.2) is 34.9 Å². The average molecular weight is 337 g/mol. The standard InChI is InChI=1S/C16H17ClN2O4/c1-10(22-15-5-3-2-4-13(15)17)16(21)19-7-11(8-19)14-6-12(9-20)23-18-14/h2-6,10-11,20H,7-9H2,1H3. The van der Waals surface area contributed by atoms with Gasteiger partial charge in [0.25, 0.3) is 5.91 Å². The number of carbonyl (C=O) groups excluding carboxylic acids is 1. The van der Waals surface area contributed by atoms with Crippen LogP contribution in [0.3, 0.4) is 0 Å². The first-order chi connectivity index (χ1) is 11.1. The highest BCUT2D eigenvalue weighted by atomic mass is 35.5. The van der Waals surface area contributed by atoms with Crippen molar-refractivity contribution in [2.75, 3.05) is 13.1 Å². The third kappa shape index (κ3) is 3.33. The summed E-state index contributed by atoms with van der Waals surface area (Å²) >= 11 is 6.03. The number of halogens is 1. The molecule has 1 atom stereocenters. The maximum atomic E-state index is 12.4. The van der Waals surface area contributed by atoms with Gasteiger partial charge in [-0.1, -0.05) is 28.9 Å². The van der Waals surface area contributed by atoms with Crippen molar-refractivity contribution in [3.8, 4) is 5.75 Å². The van der Waals surface area contributed by atoms with Crippen LogP contribution in [-0.4, -0.2) is 40.3 Å². The van der Waals surface area contributed by atoms with E-state index in [0.29, 0.717) is 29.6 Å². The number of carbonyl (C=O) groups is 1. The summed E-state index contributed by atoms with van der Waals surface area (Å²) in [7, 11) is 0. The molecule has 6 nitrogen and oxygen atoms in total. The first kappa shape index (κ1) is 15.8. The lowest BCUT2D eigenvalue weighted by Gasteiger charge is -2.39. The van der Waals surface area contributed by atoms with Crippen LogP contribution in [0.1, 0.15) is 24.3 Å². The number of rotatable bonds is 5. The van der Waals surface area contributed by atoms with E-state index in [0.717, 1.165) is 5.69 Å². The highest BCUT2D eigenvalue weighted by Crippen LogP contribution is 2.29. The fourth-order valence-electron chi connectivity index (χ4n) is 2.48. The fraction of sp³-hybridized carbons (Fsp3) is 0.375. The molecule has 0 saturated carbocycles. The molecule has 3 rings (SSSR count). The Labute approximate surface area is 138 Å². The summed E-state index contributed by atoms with van der Waals surface area (Å²) in [6.45, 7) is 2.66. The van der Waals surface area contributed by atoms with Gasteiger partial charge in [-0.05, 0) is 19.1 Å². The first-order valence-corrected chi connectivity index (χ1v) is 7.72. The van der Waals surface area contributed by atoms with E-state index in [-0.39, 0.29) is 18.4 Å². The molecule has 1 amide bonds. The summed E-state index contributed by atoms with van der Waals surface area (Å²) in [5.41, 5.74) is 0.762. The molecule has 0 aliphatic carbocycles. The van der Waals surface area contributed by atoms with Crippen LogP contribution in [0.4, 0.5) is 0 Å². The number of aromatic nitrogens is 1. The molecule has 7 heteroatoms. The van der Waals surface area contributed by atoms with Gasteiger partial charge < -0.3 is 19.3 Å². The molecule has 0 radical (unpaired) electrons. The summed E-state index contributed by atoms with van der Waals surface area (Å²) in [5.74, 6) is 0.971. The smallest absolute Gasteiger partial charge is 0.263 e. The Morgan fingerprint density at radius 3 is 2.91 bits per heavy atom. The molecular weight excluding hydrogens is 320 g/mol. The molecule has 0 bridgehead atoms. The number of hydrogen-bond acceptors (Lipinski definition) is 5. The van der Waals surface area contributed by atoms with Gasteiger partial charge in [-0.15, -0.1) is 0 Å². The fourth-order valence-corrected chi connectivity index (χ4v) is 2.66.